The van der Waals surface area contributed by atoms with Crippen LogP contribution in [0.4, 0.5) is 0 Å². The first-order valence-electron chi connectivity index (χ1n) is 25.7. The molecule has 0 atom stereocenters. The number of unbranched alkanes of at least 4 members (excludes halogenated alkanes) is 2. The van der Waals surface area contributed by atoms with Crippen molar-refractivity contribution in [3.63, 3.8) is 0 Å². The molecule has 0 aliphatic carbocycles. The van der Waals surface area contributed by atoms with Gasteiger partial charge in [-0.15, -0.1) is 0 Å². The molecule has 0 saturated carbocycles. The molecule has 0 nitrogen and oxygen atoms in total. The minimum Gasteiger partial charge on any atom is -0.0683 e. The van der Waals surface area contributed by atoms with Crippen LogP contribution in [0.25, 0.3) is 0 Å². The zero-order valence-electron chi connectivity index (χ0n) is 48.8. The van der Waals surface area contributed by atoms with Gasteiger partial charge in [-0.05, 0) is 109 Å². The summed E-state index contributed by atoms with van der Waals surface area (Å²) in [6.07, 6.45) is 9.62. The molecule has 0 bridgehead atoms. The van der Waals surface area contributed by atoms with Crippen LogP contribution in [0.1, 0.15) is 225 Å². The molecule has 0 unspecified atom stereocenters. The Morgan fingerprint density at radius 2 is 0.656 bits per heavy atom. The minimum absolute atomic E-state index is 0.500. The molecule has 0 fully saturated rings. The molecule has 0 N–H and O–H groups in total. The highest BCUT2D eigenvalue weighted by Gasteiger charge is 1.96. The summed E-state index contributed by atoms with van der Waals surface area (Å²) < 4.78 is 0. The van der Waals surface area contributed by atoms with Gasteiger partial charge < -0.3 is 0 Å². The summed E-state index contributed by atoms with van der Waals surface area (Å²) in [6.45, 7) is 60.6. The molecule has 64 heavy (non-hydrogen) atoms. The second kappa shape index (κ2) is 47.8. The van der Waals surface area contributed by atoms with E-state index in [1.807, 2.05) is 13.8 Å². The third-order valence-corrected chi connectivity index (χ3v) is 8.49. The smallest absolute Gasteiger partial charge is 0.0395 e. The third kappa shape index (κ3) is 73.3. The topological polar surface area (TPSA) is 0 Å². The fraction of sp³-hybridized carbons (Fsp3) is 0.625. The fourth-order valence-electron chi connectivity index (χ4n) is 4.92. The maximum atomic E-state index is 2.29. The van der Waals surface area contributed by atoms with Gasteiger partial charge in [-0.3, -0.25) is 0 Å². The van der Waals surface area contributed by atoms with Gasteiger partial charge in [0.1, 0.15) is 0 Å². The quantitative estimate of drug-likeness (QED) is 0.162. The number of rotatable bonds is 7. The van der Waals surface area contributed by atoms with Gasteiger partial charge >= 0.3 is 0 Å². The molecule has 0 aliphatic heterocycles. The molecular weight excluding hydrogens is 769 g/mol. The lowest BCUT2D eigenvalue weighted by Crippen LogP contribution is -1.93. The van der Waals surface area contributed by atoms with E-state index in [2.05, 4.69) is 265 Å². The summed E-state index contributed by atoms with van der Waals surface area (Å²) in [7, 11) is 0. The van der Waals surface area contributed by atoms with Gasteiger partial charge in [0.2, 0.25) is 0 Å². The molecular formula is C64H116. The summed E-state index contributed by atoms with van der Waals surface area (Å²) in [5.74, 6) is 3.52. The van der Waals surface area contributed by atoms with Crippen molar-refractivity contribution < 1.29 is 0 Å². The largest absolute Gasteiger partial charge is 0.0683 e. The predicted molar refractivity (Wildman–Crippen MR) is 304 cm³/mol. The van der Waals surface area contributed by atoms with E-state index in [-0.39, 0.29) is 0 Å². The van der Waals surface area contributed by atoms with Crippen LogP contribution in [0.2, 0.25) is 0 Å². The molecule has 0 radical (unpaired) electrons. The van der Waals surface area contributed by atoms with E-state index in [1.54, 1.807) is 0 Å². The second-order valence-electron chi connectivity index (χ2n) is 21.2. The average molecular weight is 886 g/mol. The maximum absolute atomic E-state index is 2.29. The van der Waals surface area contributed by atoms with E-state index in [0.717, 1.165) is 23.7 Å². The van der Waals surface area contributed by atoms with E-state index in [4.69, 9.17) is 0 Å². The van der Waals surface area contributed by atoms with E-state index in [9.17, 15) is 0 Å². The molecule has 4 rings (SSSR count). The first kappa shape index (κ1) is 72.5. The molecule has 0 spiro atoms. The minimum atomic E-state index is 0.500. The predicted octanol–water partition coefficient (Wildman–Crippen LogP) is 22.3. The number of benzene rings is 4. The van der Waals surface area contributed by atoms with Crippen LogP contribution in [0.3, 0.4) is 0 Å². The van der Waals surface area contributed by atoms with Gasteiger partial charge in [0, 0.05) is 0 Å². The fourth-order valence-corrected chi connectivity index (χ4v) is 4.92. The van der Waals surface area contributed by atoms with Gasteiger partial charge in [-0.2, -0.15) is 0 Å². The normalized spacial score (nSPS) is 9.62. The molecule has 4 aromatic carbocycles. The Morgan fingerprint density at radius 3 is 0.859 bits per heavy atom. The Morgan fingerprint density at radius 1 is 0.359 bits per heavy atom. The lowest BCUT2D eigenvalue weighted by molar-refractivity contribution is 0.469. The van der Waals surface area contributed by atoms with Crippen molar-refractivity contribution >= 4 is 0 Å². The van der Waals surface area contributed by atoms with Crippen molar-refractivity contribution in [3.05, 3.63) is 141 Å². The van der Waals surface area contributed by atoms with Crippen molar-refractivity contribution in [1.29, 1.82) is 0 Å². The van der Waals surface area contributed by atoms with Gasteiger partial charge in [0.25, 0.3) is 0 Å². The SMILES string of the molecule is CC.CC(C)(C)C.CC(C)C.CCC(C)C.CCCC(C)C.CCCCCC(C)C.Cc1cc(C)cc(C)c1.Cc1ccc(C)c(C)c1.Cc1ccc(C)cc1.Cc1cccc(C)c1. The second-order valence-corrected chi connectivity index (χ2v) is 21.2. The standard InChI is InChI=1S/2C9H12.2C8H10.C8H18.C6H14.2C5H12.C4H10.C2H6/c1-7-4-8(2)6-9(3)5-7;1-7-4-5-8(2)9(3)6-7;1-7-3-5-8(2)6-4-7;1-7-4-3-5-8(2)6-7;1-4-5-6-7-8(2)3;1-4-5-6(2)3;1-5(2,3)4;1-4-5(2)3;1-4(2)3;1-2/h2*4-6H,1-3H3;2*3-6H,1-2H3;8H,4-7H2,1-3H3;6H,4-5H2,1-3H3;1-4H3;5H,4H2,1-3H3;4H,1-3H3;1-2H3. The van der Waals surface area contributed by atoms with Crippen LogP contribution in [0, 0.1) is 98.3 Å². The van der Waals surface area contributed by atoms with Crippen LogP contribution in [-0.4, -0.2) is 0 Å². The van der Waals surface area contributed by atoms with E-state index in [1.165, 1.54) is 101 Å². The van der Waals surface area contributed by atoms with Crippen molar-refractivity contribution in [1.82, 2.24) is 0 Å². The van der Waals surface area contributed by atoms with E-state index in [0.29, 0.717) is 5.41 Å². The van der Waals surface area contributed by atoms with Crippen molar-refractivity contribution in [3.8, 4) is 0 Å². The highest BCUT2D eigenvalue weighted by molar-refractivity contribution is 5.29. The maximum Gasteiger partial charge on any atom is -0.0395 e. The third-order valence-electron chi connectivity index (χ3n) is 8.49. The first-order valence-corrected chi connectivity index (χ1v) is 25.7. The lowest BCUT2D eigenvalue weighted by atomic mass is 10.0. The number of hydrogen-bond donors (Lipinski definition) is 0. The Labute approximate surface area is 406 Å². The summed E-state index contributed by atoms with van der Waals surface area (Å²) >= 11 is 0. The first-order chi connectivity index (χ1) is 29.5. The molecule has 0 heteroatoms. The highest BCUT2D eigenvalue weighted by Crippen LogP contribution is 2.10. The Kier molecular flexibility index (Phi) is 54.2. The molecule has 4 aromatic rings. The molecule has 0 aliphatic rings. The molecule has 0 amide bonds. The van der Waals surface area contributed by atoms with Crippen LogP contribution >= 0.6 is 0 Å². The van der Waals surface area contributed by atoms with E-state index >= 15 is 0 Å². The lowest BCUT2D eigenvalue weighted by Gasteiger charge is -2.05. The van der Waals surface area contributed by atoms with Crippen molar-refractivity contribution in [2.24, 2.45) is 29.1 Å². The van der Waals surface area contributed by atoms with E-state index < -0.39 is 0 Å². The van der Waals surface area contributed by atoms with Gasteiger partial charge in [0.15, 0.2) is 0 Å². The molecule has 0 heterocycles. The van der Waals surface area contributed by atoms with Crippen molar-refractivity contribution in [2.45, 2.75) is 239 Å². The molecule has 0 aromatic heterocycles. The van der Waals surface area contributed by atoms with Gasteiger partial charge in [-0.25, -0.2) is 0 Å². The summed E-state index contributed by atoms with van der Waals surface area (Å²) in [5, 5.41) is 0. The molecule has 372 valence electrons. The Balaban J connectivity index is -0.000000149. The Hall–Kier alpha value is -3.12. The monoisotopic (exact) mass is 885 g/mol. The summed E-state index contributed by atoms with van der Waals surface area (Å²) in [4.78, 5) is 0. The molecule has 0 saturated heterocycles. The van der Waals surface area contributed by atoms with Crippen molar-refractivity contribution in [2.75, 3.05) is 0 Å². The van der Waals surface area contributed by atoms with Gasteiger partial charge in [0.05, 0.1) is 0 Å². The van der Waals surface area contributed by atoms with Crippen LogP contribution in [0.5, 0.6) is 0 Å². The number of aryl methyl sites for hydroxylation is 10. The average Bonchev–Trinajstić information content (AvgIpc) is 3.15. The zero-order chi connectivity index (χ0) is 51.4. The van der Waals surface area contributed by atoms with Gasteiger partial charge in [-0.1, -0.05) is 299 Å². The van der Waals surface area contributed by atoms with Crippen LogP contribution < -0.4 is 0 Å². The van der Waals surface area contributed by atoms with Crippen LogP contribution in [-0.2, 0) is 0 Å². The van der Waals surface area contributed by atoms with Crippen LogP contribution in [0.15, 0.2) is 84.9 Å². The zero-order valence-corrected chi connectivity index (χ0v) is 48.8. The Bertz CT molecular complexity index is 1420. The number of hydrogen-bond acceptors (Lipinski definition) is 0. The highest BCUT2D eigenvalue weighted by atomic mass is 14.0. The summed E-state index contributed by atoms with van der Waals surface area (Å²) in [6, 6.07) is 30.0. The summed E-state index contributed by atoms with van der Waals surface area (Å²) in [5.41, 5.74) is 14.0.